The topological polar surface area (TPSA) is 32.3 Å². The van der Waals surface area contributed by atoms with E-state index in [2.05, 4.69) is 37.2 Å². The second-order valence-electron chi connectivity index (χ2n) is 4.63. The van der Waals surface area contributed by atoms with Gasteiger partial charge in [-0.05, 0) is 48.9 Å². The molecule has 0 saturated carbocycles. The van der Waals surface area contributed by atoms with E-state index in [1.807, 2.05) is 55.5 Å². The number of hydrogen-bond donors (Lipinski definition) is 2. The first-order chi connectivity index (χ1) is 9.03. The molecule has 2 N–H and O–H groups in total. The Labute approximate surface area is 130 Å². The molecule has 100 valence electrons. The van der Waals surface area contributed by atoms with Crippen LogP contribution in [-0.2, 0) is 5.54 Å². The van der Waals surface area contributed by atoms with E-state index in [4.69, 9.17) is 0 Å². The van der Waals surface area contributed by atoms with Crippen LogP contribution in [0.4, 0.5) is 5.69 Å². The quantitative estimate of drug-likeness (QED) is 0.811. The highest BCUT2D eigenvalue weighted by Gasteiger charge is 2.25. The van der Waals surface area contributed by atoms with E-state index in [9.17, 15) is 5.11 Å². The Morgan fingerprint density at radius 3 is 2.32 bits per heavy atom. The average molecular weight is 385 g/mol. The third-order valence-corrected chi connectivity index (χ3v) is 4.06. The molecule has 0 fully saturated rings. The highest BCUT2D eigenvalue weighted by Crippen LogP contribution is 2.28. The Morgan fingerprint density at radius 1 is 1.05 bits per heavy atom. The summed E-state index contributed by atoms with van der Waals surface area (Å²) in [5.41, 5.74) is 1.49. The molecule has 19 heavy (non-hydrogen) atoms. The molecule has 0 spiro atoms. The molecule has 0 amide bonds. The van der Waals surface area contributed by atoms with Crippen LogP contribution in [0, 0.1) is 0 Å². The summed E-state index contributed by atoms with van der Waals surface area (Å²) in [4.78, 5) is 0. The zero-order chi connectivity index (χ0) is 13.9. The monoisotopic (exact) mass is 383 g/mol. The van der Waals surface area contributed by atoms with Gasteiger partial charge in [0.15, 0.2) is 0 Å². The second kappa shape index (κ2) is 6.07. The lowest BCUT2D eigenvalue weighted by molar-refractivity contribution is 0.224. The maximum atomic E-state index is 9.76. The van der Waals surface area contributed by atoms with Crippen LogP contribution in [-0.4, -0.2) is 11.7 Å². The molecule has 0 heterocycles. The first-order valence-corrected chi connectivity index (χ1v) is 7.53. The standard InChI is InChI=1S/C15H15Br2NO/c1-15(10-19,11-3-2-4-13(17)9-11)18-14-7-5-12(16)6-8-14/h2-9,18-19H,10H2,1H3. The Balaban J connectivity index is 2.30. The first-order valence-electron chi connectivity index (χ1n) is 5.94. The molecule has 0 aliphatic carbocycles. The number of anilines is 1. The zero-order valence-corrected chi connectivity index (χ0v) is 13.7. The maximum absolute atomic E-state index is 9.76. The van der Waals surface area contributed by atoms with Gasteiger partial charge in [0.05, 0.1) is 12.1 Å². The fourth-order valence-corrected chi connectivity index (χ4v) is 2.55. The van der Waals surface area contributed by atoms with Gasteiger partial charge in [-0.25, -0.2) is 0 Å². The van der Waals surface area contributed by atoms with E-state index in [1.165, 1.54) is 0 Å². The maximum Gasteiger partial charge on any atom is 0.0828 e. The number of aliphatic hydroxyl groups is 1. The summed E-state index contributed by atoms with van der Waals surface area (Å²) >= 11 is 6.88. The van der Waals surface area contributed by atoms with Crippen LogP contribution >= 0.6 is 31.9 Å². The molecular weight excluding hydrogens is 370 g/mol. The third kappa shape index (κ3) is 3.59. The molecule has 1 unspecified atom stereocenters. The molecule has 0 radical (unpaired) electrons. The number of halogens is 2. The van der Waals surface area contributed by atoms with E-state index in [-0.39, 0.29) is 6.61 Å². The van der Waals surface area contributed by atoms with Gasteiger partial charge in [-0.1, -0.05) is 44.0 Å². The summed E-state index contributed by atoms with van der Waals surface area (Å²) in [6.07, 6.45) is 0. The van der Waals surface area contributed by atoms with Crippen LogP contribution < -0.4 is 5.32 Å². The highest BCUT2D eigenvalue weighted by molar-refractivity contribution is 9.10. The highest BCUT2D eigenvalue weighted by atomic mass is 79.9. The van der Waals surface area contributed by atoms with Crippen molar-refractivity contribution in [3.05, 3.63) is 63.0 Å². The Hall–Kier alpha value is -0.840. The molecule has 2 nitrogen and oxygen atoms in total. The molecular formula is C15H15Br2NO. The minimum absolute atomic E-state index is 0.0134. The normalized spacial score (nSPS) is 13.9. The number of benzene rings is 2. The Morgan fingerprint density at radius 2 is 1.74 bits per heavy atom. The minimum atomic E-state index is -0.516. The summed E-state index contributed by atoms with van der Waals surface area (Å²) in [7, 11) is 0. The molecule has 2 aromatic carbocycles. The number of nitrogens with one attached hydrogen (secondary N) is 1. The third-order valence-electron chi connectivity index (χ3n) is 3.04. The van der Waals surface area contributed by atoms with Crippen molar-refractivity contribution in [2.75, 3.05) is 11.9 Å². The minimum Gasteiger partial charge on any atom is -0.394 e. The lowest BCUT2D eigenvalue weighted by atomic mass is 9.92. The van der Waals surface area contributed by atoms with Crippen molar-refractivity contribution in [3.8, 4) is 0 Å². The van der Waals surface area contributed by atoms with Crippen LogP contribution in [0.3, 0.4) is 0 Å². The predicted molar refractivity (Wildman–Crippen MR) is 86.3 cm³/mol. The van der Waals surface area contributed by atoms with Crippen molar-refractivity contribution >= 4 is 37.5 Å². The smallest absolute Gasteiger partial charge is 0.0828 e. The molecule has 0 aromatic heterocycles. The van der Waals surface area contributed by atoms with Gasteiger partial charge in [-0.3, -0.25) is 0 Å². The number of aliphatic hydroxyl groups excluding tert-OH is 1. The predicted octanol–water partition coefficient (Wildman–Crippen LogP) is 4.53. The molecule has 4 heteroatoms. The zero-order valence-electron chi connectivity index (χ0n) is 10.5. The van der Waals surface area contributed by atoms with Crippen LogP contribution in [0.2, 0.25) is 0 Å². The van der Waals surface area contributed by atoms with Crippen molar-refractivity contribution in [3.63, 3.8) is 0 Å². The number of rotatable bonds is 4. The van der Waals surface area contributed by atoms with Gasteiger partial charge < -0.3 is 10.4 Å². The van der Waals surface area contributed by atoms with E-state index in [0.29, 0.717) is 0 Å². The SMILES string of the molecule is CC(CO)(Nc1ccc(Br)cc1)c1cccc(Br)c1. The fraction of sp³-hybridized carbons (Fsp3) is 0.200. The van der Waals surface area contributed by atoms with Crippen molar-refractivity contribution in [1.29, 1.82) is 0 Å². The van der Waals surface area contributed by atoms with Crippen LogP contribution in [0.5, 0.6) is 0 Å². The molecule has 0 saturated heterocycles. The Bertz CT molecular complexity index is 556. The second-order valence-corrected chi connectivity index (χ2v) is 6.46. The number of hydrogen-bond acceptors (Lipinski definition) is 2. The van der Waals surface area contributed by atoms with Crippen LogP contribution in [0.1, 0.15) is 12.5 Å². The lowest BCUT2D eigenvalue weighted by Gasteiger charge is -2.30. The molecule has 2 rings (SSSR count). The van der Waals surface area contributed by atoms with Crippen LogP contribution in [0.25, 0.3) is 0 Å². The average Bonchev–Trinajstić information content (AvgIpc) is 2.41. The van der Waals surface area contributed by atoms with Gasteiger partial charge in [-0.15, -0.1) is 0 Å². The summed E-state index contributed by atoms with van der Waals surface area (Å²) < 4.78 is 2.04. The van der Waals surface area contributed by atoms with Gasteiger partial charge in [0.25, 0.3) is 0 Å². The summed E-state index contributed by atoms with van der Waals surface area (Å²) in [5.74, 6) is 0. The van der Waals surface area contributed by atoms with Crippen molar-refractivity contribution in [2.45, 2.75) is 12.5 Å². The van der Waals surface area contributed by atoms with Crippen molar-refractivity contribution < 1.29 is 5.11 Å². The van der Waals surface area contributed by atoms with Crippen molar-refractivity contribution in [1.82, 2.24) is 0 Å². The molecule has 0 aliphatic rings. The van der Waals surface area contributed by atoms with E-state index >= 15 is 0 Å². The van der Waals surface area contributed by atoms with E-state index < -0.39 is 5.54 Å². The van der Waals surface area contributed by atoms with E-state index in [0.717, 1.165) is 20.2 Å². The van der Waals surface area contributed by atoms with Gasteiger partial charge in [0.2, 0.25) is 0 Å². The fourth-order valence-electron chi connectivity index (χ4n) is 1.89. The Kier molecular flexibility index (Phi) is 4.66. The van der Waals surface area contributed by atoms with Crippen LogP contribution in [0.15, 0.2) is 57.5 Å². The van der Waals surface area contributed by atoms with Gasteiger partial charge in [0.1, 0.15) is 0 Å². The molecule has 1 atom stereocenters. The van der Waals surface area contributed by atoms with Crippen molar-refractivity contribution in [2.24, 2.45) is 0 Å². The summed E-state index contributed by atoms with van der Waals surface area (Å²) in [6, 6.07) is 15.9. The molecule has 0 aliphatic heterocycles. The molecule has 0 bridgehead atoms. The lowest BCUT2D eigenvalue weighted by Crippen LogP contribution is -2.35. The largest absolute Gasteiger partial charge is 0.394 e. The van der Waals surface area contributed by atoms with Gasteiger partial charge in [-0.2, -0.15) is 0 Å². The first kappa shape index (κ1) is 14.6. The summed E-state index contributed by atoms with van der Waals surface area (Å²) in [6.45, 7) is 2.00. The molecule has 2 aromatic rings. The van der Waals surface area contributed by atoms with E-state index in [1.54, 1.807) is 0 Å². The van der Waals surface area contributed by atoms with Gasteiger partial charge >= 0.3 is 0 Å². The summed E-state index contributed by atoms with van der Waals surface area (Å²) in [5, 5.41) is 13.1. The van der Waals surface area contributed by atoms with Gasteiger partial charge in [0, 0.05) is 14.6 Å².